The van der Waals surface area contributed by atoms with Crippen LogP contribution >= 0.6 is 27.5 Å². The van der Waals surface area contributed by atoms with E-state index in [0.29, 0.717) is 5.84 Å². The van der Waals surface area contributed by atoms with Gasteiger partial charge in [0.15, 0.2) is 0 Å². The number of halogens is 2. The van der Waals surface area contributed by atoms with E-state index in [9.17, 15) is 0 Å². The van der Waals surface area contributed by atoms with Gasteiger partial charge in [-0.2, -0.15) is 0 Å². The number of alkyl halides is 1. The Hall–Kier alpha value is -0.540. The molecule has 0 atom stereocenters. The minimum Gasteiger partial charge on any atom is -0.386 e. The predicted molar refractivity (Wildman–Crippen MR) is 60.9 cm³/mol. The number of aryl methyl sites for hydroxylation is 1. The van der Waals surface area contributed by atoms with Crippen LogP contribution in [0.2, 0.25) is 0 Å². The Morgan fingerprint density at radius 2 is 2.31 bits per heavy atom. The minimum absolute atomic E-state index is 0.259. The van der Waals surface area contributed by atoms with E-state index < -0.39 is 0 Å². The van der Waals surface area contributed by atoms with Crippen LogP contribution in [0.4, 0.5) is 5.69 Å². The zero-order valence-electron chi connectivity index (χ0n) is 7.22. The summed E-state index contributed by atoms with van der Waals surface area (Å²) in [7, 11) is 0. The van der Waals surface area contributed by atoms with Crippen LogP contribution in [0.1, 0.15) is 5.56 Å². The normalized spacial score (nSPS) is 11.8. The molecular weight excluding hydrogens is 251 g/mol. The molecule has 0 bridgehead atoms. The summed E-state index contributed by atoms with van der Waals surface area (Å²) in [5, 5.41) is 0. The number of nitrogens with two attached hydrogens (primary N) is 1. The quantitative estimate of drug-likeness (QED) is 0.496. The first kappa shape index (κ1) is 10.5. The van der Waals surface area contributed by atoms with E-state index in [0.717, 1.165) is 15.7 Å². The Morgan fingerprint density at radius 3 is 2.85 bits per heavy atom. The van der Waals surface area contributed by atoms with E-state index in [1.54, 1.807) is 0 Å². The highest BCUT2D eigenvalue weighted by Gasteiger charge is 1.96. The predicted octanol–water partition coefficient (Wildman–Crippen LogP) is 2.99. The highest BCUT2D eigenvalue weighted by atomic mass is 79.9. The molecule has 0 aliphatic carbocycles. The van der Waals surface area contributed by atoms with Gasteiger partial charge in [-0.1, -0.05) is 15.9 Å². The van der Waals surface area contributed by atoms with Crippen molar-refractivity contribution in [2.24, 2.45) is 10.7 Å². The monoisotopic (exact) mass is 260 g/mol. The van der Waals surface area contributed by atoms with Crippen LogP contribution in [0.25, 0.3) is 0 Å². The summed E-state index contributed by atoms with van der Waals surface area (Å²) >= 11 is 8.91. The fourth-order valence-electron chi connectivity index (χ4n) is 0.894. The van der Waals surface area contributed by atoms with Crippen molar-refractivity contribution in [3.63, 3.8) is 0 Å². The molecule has 1 aromatic carbocycles. The lowest BCUT2D eigenvalue weighted by atomic mass is 10.2. The number of nitrogens with zero attached hydrogens (tertiary/aromatic N) is 1. The van der Waals surface area contributed by atoms with Crippen LogP contribution in [-0.2, 0) is 0 Å². The molecule has 0 heterocycles. The summed E-state index contributed by atoms with van der Waals surface area (Å²) in [6.07, 6.45) is 0. The van der Waals surface area contributed by atoms with Crippen molar-refractivity contribution in [2.75, 3.05) is 5.88 Å². The van der Waals surface area contributed by atoms with E-state index in [1.807, 2.05) is 25.1 Å². The molecule has 2 nitrogen and oxygen atoms in total. The molecule has 0 saturated heterocycles. The number of amidine groups is 1. The number of aliphatic imine (C=N–C) groups is 1. The average molecular weight is 262 g/mol. The second-order valence-electron chi connectivity index (χ2n) is 2.67. The summed E-state index contributed by atoms with van der Waals surface area (Å²) in [6, 6.07) is 5.77. The molecule has 0 aliphatic heterocycles. The fourth-order valence-corrected chi connectivity index (χ4v) is 1.20. The van der Waals surface area contributed by atoms with Gasteiger partial charge in [0.05, 0.1) is 11.6 Å². The van der Waals surface area contributed by atoms with Gasteiger partial charge in [-0.15, -0.1) is 11.6 Å². The van der Waals surface area contributed by atoms with Crippen LogP contribution in [0.5, 0.6) is 0 Å². The molecule has 0 spiro atoms. The molecule has 0 fully saturated rings. The van der Waals surface area contributed by atoms with Crippen molar-refractivity contribution in [2.45, 2.75) is 6.92 Å². The third kappa shape index (κ3) is 3.01. The van der Waals surface area contributed by atoms with Crippen LogP contribution in [0.3, 0.4) is 0 Å². The van der Waals surface area contributed by atoms with Gasteiger partial charge in [0.2, 0.25) is 0 Å². The first-order valence-electron chi connectivity index (χ1n) is 3.78. The molecule has 0 unspecified atom stereocenters. The van der Waals surface area contributed by atoms with Crippen molar-refractivity contribution >= 4 is 39.1 Å². The zero-order chi connectivity index (χ0) is 9.84. The van der Waals surface area contributed by atoms with Gasteiger partial charge in [-0.05, 0) is 30.7 Å². The lowest BCUT2D eigenvalue weighted by molar-refractivity contribution is 1.38. The van der Waals surface area contributed by atoms with Crippen LogP contribution in [0.15, 0.2) is 27.7 Å². The Balaban J connectivity index is 2.98. The SMILES string of the molecule is Cc1cc(N=C(N)CCl)ccc1Br. The lowest BCUT2D eigenvalue weighted by Crippen LogP contribution is -2.12. The first-order chi connectivity index (χ1) is 6.13. The van der Waals surface area contributed by atoms with E-state index in [1.165, 1.54) is 0 Å². The maximum Gasteiger partial charge on any atom is 0.115 e. The molecule has 1 aromatic rings. The van der Waals surface area contributed by atoms with E-state index in [2.05, 4.69) is 20.9 Å². The molecule has 13 heavy (non-hydrogen) atoms. The van der Waals surface area contributed by atoms with Crippen molar-refractivity contribution in [1.29, 1.82) is 0 Å². The molecule has 0 saturated carbocycles. The maximum absolute atomic E-state index is 5.51. The minimum atomic E-state index is 0.259. The molecule has 70 valence electrons. The first-order valence-corrected chi connectivity index (χ1v) is 5.11. The van der Waals surface area contributed by atoms with Crippen LogP contribution in [-0.4, -0.2) is 11.7 Å². The van der Waals surface area contributed by atoms with Crippen molar-refractivity contribution in [3.8, 4) is 0 Å². The topological polar surface area (TPSA) is 38.4 Å². The standard InChI is InChI=1S/C9H10BrClN2/c1-6-4-7(2-3-8(6)10)13-9(12)5-11/h2-4H,5H2,1H3,(H2,12,13). The zero-order valence-corrected chi connectivity index (χ0v) is 9.56. The molecule has 0 aliphatic rings. The highest BCUT2D eigenvalue weighted by molar-refractivity contribution is 9.10. The van der Waals surface area contributed by atoms with Crippen LogP contribution < -0.4 is 5.73 Å². The third-order valence-electron chi connectivity index (χ3n) is 1.55. The summed E-state index contributed by atoms with van der Waals surface area (Å²) in [6.45, 7) is 2.00. The Bertz CT molecular complexity index is 336. The smallest absolute Gasteiger partial charge is 0.115 e. The summed E-state index contributed by atoms with van der Waals surface area (Å²) in [5.41, 5.74) is 7.46. The highest BCUT2D eigenvalue weighted by Crippen LogP contribution is 2.21. The molecular formula is C9H10BrClN2. The second kappa shape index (κ2) is 4.63. The third-order valence-corrected chi connectivity index (χ3v) is 2.71. The summed E-state index contributed by atoms with van der Waals surface area (Å²) in [4.78, 5) is 4.12. The molecule has 0 radical (unpaired) electrons. The van der Waals surface area contributed by atoms with Gasteiger partial charge in [0.25, 0.3) is 0 Å². The van der Waals surface area contributed by atoms with Gasteiger partial charge in [0.1, 0.15) is 5.84 Å². The summed E-state index contributed by atoms with van der Waals surface area (Å²) in [5.74, 6) is 0.693. The lowest BCUT2D eigenvalue weighted by Gasteiger charge is -2.00. The molecule has 4 heteroatoms. The van der Waals surface area contributed by atoms with Gasteiger partial charge >= 0.3 is 0 Å². The molecule has 0 aromatic heterocycles. The second-order valence-corrected chi connectivity index (χ2v) is 3.79. The summed E-state index contributed by atoms with van der Waals surface area (Å²) < 4.78 is 1.07. The maximum atomic E-state index is 5.51. The Kier molecular flexibility index (Phi) is 3.75. The number of hydrogen-bond acceptors (Lipinski definition) is 1. The van der Waals surface area contributed by atoms with Gasteiger partial charge < -0.3 is 5.73 Å². The molecule has 2 N–H and O–H groups in total. The van der Waals surface area contributed by atoms with Gasteiger partial charge in [0, 0.05) is 4.47 Å². The fraction of sp³-hybridized carbons (Fsp3) is 0.222. The van der Waals surface area contributed by atoms with Crippen LogP contribution in [0, 0.1) is 6.92 Å². The van der Waals surface area contributed by atoms with E-state index >= 15 is 0 Å². The largest absolute Gasteiger partial charge is 0.386 e. The Labute approximate surface area is 90.9 Å². The number of hydrogen-bond donors (Lipinski definition) is 1. The van der Waals surface area contributed by atoms with E-state index in [-0.39, 0.29) is 5.88 Å². The van der Waals surface area contributed by atoms with E-state index in [4.69, 9.17) is 17.3 Å². The Morgan fingerprint density at radius 1 is 1.62 bits per heavy atom. The van der Waals surface area contributed by atoms with Crippen molar-refractivity contribution in [3.05, 3.63) is 28.2 Å². The van der Waals surface area contributed by atoms with Crippen molar-refractivity contribution < 1.29 is 0 Å². The molecule has 1 rings (SSSR count). The average Bonchev–Trinajstić information content (AvgIpc) is 2.11. The van der Waals surface area contributed by atoms with Crippen molar-refractivity contribution in [1.82, 2.24) is 0 Å². The number of benzene rings is 1. The number of rotatable bonds is 2. The molecule has 0 amide bonds. The van der Waals surface area contributed by atoms with Gasteiger partial charge in [-0.25, -0.2) is 4.99 Å². The van der Waals surface area contributed by atoms with Gasteiger partial charge in [-0.3, -0.25) is 0 Å².